The molecule has 1 saturated carbocycles. The van der Waals surface area contributed by atoms with Gasteiger partial charge < -0.3 is 0 Å². The molecule has 0 atom stereocenters. The van der Waals surface area contributed by atoms with E-state index in [9.17, 15) is 13.2 Å². The van der Waals surface area contributed by atoms with E-state index >= 15 is 0 Å². The van der Waals surface area contributed by atoms with E-state index in [1.165, 1.54) is 12.1 Å². The van der Waals surface area contributed by atoms with Gasteiger partial charge >= 0.3 is 6.18 Å². The molecule has 0 amide bonds. The first-order valence-electron chi connectivity index (χ1n) is 4.25. The lowest BCUT2D eigenvalue weighted by Gasteiger charge is -2.19. The zero-order valence-electron chi connectivity index (χ0n) is 7.41. The second-order valence-corrected chi connectivity index (χ2v) is 4.36. The number of pyridine rings is 1. The number of halogens is 5. The Bertz CT molecular complexity index is 379. The van der Waals surface area contributed by atoms with Crippen molar-refractivity contribution in [3.8, 4) is 0 Å². The fraction of sp³-hybridized carbons (Fsp3) is 0.444. The van der Waals surface area contributed by atoms with E-state index in [4.69, 9.17) is 23.2 Å². The van der Waals surface area contributed by atoms with E-state index in [1.807, 2.05) is 0 Å². The van der Waals surface area contributed by atoms with Crippen molar-refractivity contribution in [2.45, 2.75) is 24.4 Å². The van der Waals surface area contributed by atoms with Gasteiger partial charge in [-0.25, -0.2) is 4.98 Å². The molecule has 0 saturated heterocycles. The third kappa shape index (κ3) is 1.81. The van der Waals surface area contributed by atoms with Gasteiger partial charge in [0.05, 0.1) is 5.41 Å². The van der Waals surface area contributed by atoms with Crippen molar-refractivity contribution in [3.63, 3.8) is 0 Å². The molecule has 0 radical (unpaired) electrons. The molecule has 1 heterocycles. The van der Waals surface area contributed by atoms with Gasteiger partial charge in [-0.2, -0.15) is 13.2 Å². The number of hydrogen-bond acceptors (Lipinski definition) is 1. The molecule has 1 nitrogen and oxygen atoms in total. The molecule has 0 aromatic carbocycles. The van der Waals surface area contributed by atoms with Crippen LogP contribution in [0.1, 0.15) is 18.4 Å². The number of nitrogens with zero attached hydrogens (tertiary/aromatic N) is 1. The maximum absolute atomic E-state index is 12.7. The topological polar surface area (TPSA) is 12.9 Å². The zero-order valence-corrected chi connectivity index (χ0v) is 8.92. The fourth-order valence-corrected chi connectivity index (χ4v) is 2.06. The molecule has 1 aromatic rings. The smallest absolute Gasteiger partial charge is 0.224 e. The molecule has 0 spiro atoms. The van der Waals surface area contributed by atoms with Crippen molar-refractivity contribution in [2.24, 2.45) is 0 Å². The quantitative estimate of drug-likeness (QED) is 0.692. The van der Waals surface area contributed by atoms with Crippen molar-refractivity contribution in [1.82, 2.24) is 4.98 Å². The molecule has 0 unspecified atom stereocenters. The van der Waals surface area contributed by atoms with Gasteiger partial charge in [0, 0.05) is 0 Å². The van der Waals surface area contributed by atoms with Gasteiger partial charge in [-0.1, -0.05) is 23.2 Å². The van der Waals surface area contributed by atoms with Crippen LogP contribution in [0, 0.1) is 0 Å². The maximum Gasteiger partial charge on any atom is 0.398 e. The highest BCUT2D eigenvalue weighted by atomic mass is 35.5. The Labute approximate surface area is 94.2 Å². The summed E-state index contributed by atoms with van der Waals surface area (Å²) in [4.78, 5) is 3.62. The van der Waals surface area contributed by atoms with Crippen molar-refractivity contribution in [1.29, 1.82) is 0 Å². The van der Waals surface area contributed by atoms with Gasteiger partial charge in [-0.15, -0.1) is 0 Å². The summed E-state index contributed by atoms with van der Waals surface area (Å²) in [5.41, 5.74) is -1.64. The van der Waals surface area contributed by atoms with E-state index in [0.29, 0.717) is 0 Å². The first-order chi connectivity index (χ1) is 6.85. The Morgan fingerprint density at radius 2 is 1.60 bits per heavy atom. The predicted octanol–water partition coefficient (Wildman–Crippen LogP) is 3.98. The Kier molecular flexibility index (Phi) is 2.39. The standard InChI is InChI=1S/C9H6Cl2F3N/c10-6-3-5(4-7(11)15-6)8(1-2-8)9(12,13)14/h3-4H,1-2H2. The van der Waals surface area contributed by atoms with Crippen molar-refractivity contribution in [3.05, 3.63) is 28.0 Å². The lowest BCUT2D eigenvalue weighted by Crippen LogP contribution is -2.28. The first-order valence-corrected chi connectivity index (χ1v) is 5.01. The molecule has 15 heavy (non-hydrogen) atoms. The van der Waals surface area contributed by atoms with Gasteiger partial charge in [-0.3, -0.25) is 0 Å². The largest absolute Gasteiger partial charge is 0.398 e. The summed E-state index contributed by atoms with van der Waals surface area (Å²) >= 11 is 11.1. The predicted molar refractivity (Wildman–Crippen MR) is 51.2 cm³/mol. The van der Waals surface area contributed by atoms with Crippen LogP contribution in [0.25, 0.3) is 0 Å². The molecule has 6 heteroatoms. The highest BCUT2D eigenvalue weighted by molar-refractivity contribution is 6.32. The minimum atomic E-state index is -4.25. The third-order valence-corrected chi connectivity index (χ3v) is 3.00. The van der Waals surface area contributed by atoms with Crippen LogP contribution in [0.5, 0.6) is 0 Å². The van der Waals surface area contributed by atoms with Crippen molar-refractivity contribution in [2.75, 3.05) is 0 Å². The van der Waals surface area contributed by atoms with Gasteiger partial charge in [0.25, 0.3) is 0 Å². The van der Waals surface area contributed by atoms with Gasteiger partial charge in [0.2, 0.25) is 0 Å². The molecule has 1 aromatic heterocycles. The Hall–Kier alpha value is -0.480. The highest BCUT2D eigenvalue weighted by Crippen LogP contribution is 2.59. The van der Waals surface area contributed by atoms with Gasteiger partial charge in [-0.05, 0) is 30.5 Å². The summed E-state index contributed by atoms with van der Waals surface area (Å²) in [5.74, 6) is 0. The van der Waals surface area contributed by atoms with E-state index in [-0.39, 0.29) is 28.7 Å². The third-order valence-electron chi connectivity index (χ3n) is 2.61. The van der Waals surface area contributed by atoms with E-state index in [0.717, 1.165) is 0 Å². The molecule has 1 fully saturated rings. The minimum Gasteiger partial charge on any atom is -0.224 e. The van der Waals surface area contributed by atoms with Crippen LogP contribution in [0.4, 0.5) is 13.2 Å². The van der Waals surface area contributed by atoms with Crippen LogP contribution < -0.4 is 0 Å². The first kappa shape index (κ1) is 11.0. The Morgan fingerprint density at radius 1 is 1.13 bits per heavy atom. The van der Waals surface area contributed by atoms with E-state index < -0.39 is 11.6 Å². The lowest BCUT2D eigenvalue weighted by molar-refractivity contribution is -0.160. The van der Waals surface area contributed by atoms with E-state index in [1.54, 1.807) is 0 Å². The van der Waals surface area contributed by atoms with Gasteiger partial charge in [0.1, 0.15) is 10.3 Å². The van der Waals surface area contributed by atoms with Crippen LogP contribution in [-0.4, -0.2) is 11.2 Å². The summed E-state index contributed by atoms with van der Waals surface area (Å²) in [5, 5.41) is -0.0129. The maximum atomic E-state index is 12.7. The summed E-state index contributed by atoms with van der Waals surface area (Å²) in [6.45, 7) is 0. The summed E-state index contributed by atoms with van der Waals surface area (Å²) in [6, 6.07) is 2.46. The fourth-order valence-electron chi connectivity index (χ4n) is 1.60. The summed E-state index contributed by atoms with van der Waals surface area (Å²) in [6.07, 6.45) is -4.07. The number of rotatable bonds is 1. The normalized spacial score (nSPS) is 19.0. The highest BCUT2D eigenvalue weighted by Gasteiger charge is 2.64. The van der Waals surface area contributed by atoms with E-state index in [2.05, 4.69) is 4.98 Å². The second-order valence-electron chi connectivity index (χ2n) is 3.58. The lowest BCUT2D eigenvalue weighted by atomic mass is 9.97. The van der Waals surface area contributed by atoms with Crippen LogP contribution in [0.2, 0.25) is 10.3 Å². The Balaban J connectivity index is 2.46. The second kappa shape index (κ2) is 3.25. The number of aromatic nitrogens is 1. The molecular formula is C9H6Cl2F3N. The van der Waals surface area contributed by atoms with Crippen LogP contribution in [0.15, 0.2) is 12.1 Å². The molecule has 0 bridgehead atoms. The summed E-state index contributed by atoms with van der Waals surface area (Å²) < 4.78 is 38.2. The molecule has 1 aliphatic carbocycles. The molecule has 2 rings (SSSR count). The molecule has 0 aliphatic heterocycles. The van der Waals surface area contributed by atoms with Crippen LogP contribution >= 0.6 is 23.2 Å². The number of alkyl halides is 3. The molecular weight excluding hydrogens is 250 g/mol. The summed E-state index contributed by atoms with van der Waals surface area (Å²) in [7, 11) is 0. The number of hydrogen-bond donors (Lipinski definition) is 0. The van der Waals surface area contributed by atoms with Crippen molar-refractivity contribution >= 4 is 23.2 Å². The minimum absolute atomic E-state index is 0.00646. The SMILES string of the molecule is FC(F)(F)C1(c2cc(Cl)nc(Cl)c2)CC1. The zero-order chi connectivity index (χ0) is 11.3. The molecule has 82 valence electrons. The monoisotopic (exact) mass is 255 g/mol. The van der Waals surface area contributed by atoms with Gasteiger partial charge in [0.15, 0.2) is 0 Å². The average Bonchev–Trinajstić information content (AvgIpc) is 2.79. The average molecular weight is 256 g/mol. The van der Waals surface area contributed by atoms with Crippen LogP contribution in [-0.2, 0) is 5.41 Å². The van der Waals surface area contributed by atoms with Crippen molar-refractivity contribution < 1.29 is 13.2 Å². The Morgan fingerprint density at radius 3 is 1.93 bits per heavy atom. The molecule has 0 N–H and O–H groups in total. The van der Waals surface area contributed by atoms with Crippen LogP contribution in [0.3, 0.4) is 0 Å². The molecule has 1 aliphatic rings.